The van der Waals surface area contributed by atoms with Gasteiger partial charge >= 0.3 is 144 Å². The summed E-state index contributed by atoms with van der Waals surface area (Å²) in [6.07, 6.45) is 0.410. The Balaban J connectivity index is 0.000000790. The summed E-state index contributed by atoms with van der Waals surface area (Å²) in [5.74, 6) is 0.327. The Hall–Kier alpha value is 1.06. The number of nitro groups is 1. The Bertz CT molecular complexity index is 854. The average Bonchev–Trinajstić information content (AvgIpc) is 3.27. The number of hydrogen-bond donors (Lipinski definition) is 0. The van der Waals surface area contributed by atoms with Gasteiger partial charge in [0.2, 0.25) is 0 Å². The van der Waals surface area contributed by atoms with Crippen molar-refractivity contribution in [1.29, 1.82) is 0 Å². The molecule has 1 aromatic rings. The minimum absolute atomic E-state index is 0. The molecule has 0 N–H and O–H groups in total. The monoisotopic (exact) mass is 685 g/mol. The van der Waals surface area contributed by atoms with Crippen molar-refractivity contribution in [3.63, 3.8) is 0 Å². The fourth-order valence-corrected chi connectivity index (χ4v) is 4.14. The van der Waals surface area contributed by atoms with Crippen LogP contribution >= 0.6 is 0 Å². The van der Waals surface area contributed by atoms with Crippen molar-refractivity contribution < 1.29 is 167 Å². The van der Waals surface area contributed by atoms with Crippen molar-refractivity contribution in [3.8, 4) is 0 Å². The minimum atomic E-state index is -2.33. The van der Waals surface area contributed by atoms with Crippen molar-refractivity contribution in [2.24, 2.45) is 0 Å². The molecule has 0 unspecified atom stereocenters. The van der Waals surface area contributed by atoms with E-state index in [0.29, 0.717) is 12.5 Å². The topological polar surface area (TPSA) is 139 Å². The molecule has 2 heterocycles. The fraction of sp³-hybridized carbons (Fsp3) is 0.600. The SMILES string of the molecule is CC(C)(C)OC(=O)N1C[C@@H]2C[C@H]1CN2c1ccc([N+](=O)[O-])c(C2CC2)c1.O=C([O-])[O-].[Cs+].[Cs+]. The van der Waals surface area contributed by atoms with E-state index in [1.807, 2.05) is 37.8 Å². The van der Waals surface area contributed by atoms with Crippen LogP contribution < -0.4 is 153 Å². The summed E-state index contributed by atoms with van der Waals surface area (Å²) in [5.41, 5.74) is 1.64. The van der Waals surface area contributed by atoms with Crippen LogP contribution in [-0.4, -0.2) is 52.8 Å². The molecule has 12 heteroatoms. The van der Waals surface area contributed by atoms with Crippen LogP contribution in [0.1, 0.15) is 51.5 Å². The first-order valence-corrected chi connectivity index (χ1v) is 9.89. The van der Waals surface area contributed by atoms with Gasteiger partial charge in [-0.05, 0) is 64.2 Å². The van der Waals surface area contributed by atoms with Crippen LogP contribution in [0.15, 0.2) is 18.2 Å². The average molecular weight is 685 g/mol. The smallest absolute Gasteiger partial charge is 0.652 e. The number of nitro benzene ring substituents is 1. The zero-order valence-electron chi connectivity index (χ0n) is 19.2. The quantitative estimate of drug-likeness (QED) is 0.229. The molecule has 4 rings (SSSR count). The van der Waals surface area contributed by atoms with Crippen molar-refractivity contribution in [3.05, 3.63) is 33.9 Å². The molecule has 0 aromatic heterocycles. The maximum atomic E-state index is 12.4. The van der Waals surface area contributed by atoms with Gasteiger partial charge in [-0.1, -0.05) is 0 Å². The number of carboxylic acid groups (broad SMARTS) is 2. The maximum absolute atomic E-state index is 12.4. The summed E-state index contributed by atoms with van der Waals surface area (Å²) in [7, 11) is 0. The van der Waals surface area contributed by atoms with Crippen LogP contribution in [0, 0.1) is 10.1 Å². The van der Waals surface area contributed by atoms with Crippen molar-refractivity contribution >= 4 is 23.6 Å². The Labute approximate surface area is 304 Å². The van der Waals surface area contributed by atoms with E-state index in [1.54, 1.807) is 6.07 Å². The largest absolute Gasteiger partial charge is 1.00 e. The Morgan fingerprint density at radius 2 is 1.69 bits per heavy atom. The van der Waals surface area contributed by atoms with E-state index >= 15 is 0 Å². The van der Waals surface area contributed by atoms with Gasteiger partial charge in [0.05, 0.1) is 11.0 Å². The normalized spacial score (nSPS) is 21.0. The number of amides is 1. The van der Waals surface area contributed by atoms with Gasteiger partial charge in [-0.2, -0.15) is 0 Å². The summed E-state index contributed by atoms with van der Waals surface area (Å²) < 4.78 is 5.51. The van der Waals surface area contributed by atoms with Crippen LogP contribution in [0.4, 0.5) is 21.0 Å². The van der Waals surface area contributed by atoms with E-state index < -0.39 is 11.8 Å². The van der Waals surface area contributed by atoms with E-state index in [0.717, 1.165) is 37.1 Å². The summed E-state index contributed by atoms with van der Waals surface area (Å²) in [5, 5.41) is 27.9. The molecule has 1 aliphatic carbocycles. The molecule has 164 valence electrons. The molecule has 2 saturated heterocycles. The number of rotatable bonds is 3. The maximum Gasteiger partial charge on any atom is 1.00 e. The number of likely N-dealkylation sites (tertiary alicyclic amines) is 1. The number of piperazine rings is 1. The van der Waals surface area contributed by atoms with Gasteiger partial charge in [-0.25, -0.2) is 4.79 Å². The second-order valence-electron chi connectivity index (χ2n) is 8.85. The van der Waals surface area contributed by atoms with Gasteiger partial charge in [0.1, 0.15) is 5.60 Å². The molecule has 1 amide bonds. The van der Waals surface area contributed by atoms with Crippen LogP contribution in [0.5, 0.6) is 0 Å². The Morgan fingerprint density at radius 1 is 1.09 bits per heavy atom. The van der Waals surface area contributed by atoms with E-state index in [1.165, 1.54) is 0 Å². The molecule has 32 heavy (non-hydrogen) atoms. The number of carbonyl (C=O) groups is 2. The molecule has 3 aliphatic rings. The molecule has 2 aliphatic heterocycles. The van der Waals surface area contributed by atoms with Gasteiger partial charge in [-0.15, -0.1) is 0 Å². The van der Waals surface area contributed by atoms with Crippen molar-refractivity contribution in [2.75, 3.05) is 18.0 Å². The minimum Gasteiger partial charge on any atom is -0.652 e. The van der Waals surface area contributed by atoms with Gasteiger partial charge < -0.3 is 29.5 Å². The first-order chi connectivity index (χ1) is 14.0. The number of ether oxygens (including phenoxy) is 1. The number of nitrogens with zero attached hydrogens (tertiary/aromatic N) is 3. The number of hydrogen-bond acceptors (Lipinski definition) is 8. The molecular formula is C20H25Cs2N3O7. The summed E-state index contributed by atoms with van der Waals surface area (Å²) in [6.45, 7) is 7.03. The van der Waals surface area contributed by atoms with Crippen LogP contribution in [0.25, 0.3) is 0 Å². The number of benzene rings is 1. The molecule has 2 atom stereocenters. The molecule has 10 nitrogen and oxygen atoms in total. The first-order valence-electron chi connectivity index (χ1n) is 9.89. The second-order valence-corrected chi connectivity index (χ2v) is 8.85. The third-order valence-electron chi connectivity index (χ3n) is 5.43. The van der Waals surface area contributed by atoms with E-state index in [2.05, 4.69) is 4.90 Å². The zero-order chi connectivity index (χ0) is 22.2. The zero-order valence-corrected chi connectivity index (χ0v) is 31.8. The van der Waals surface area contributed by atoms with E-state index in [4.69, 9.17) is 19.7 Å². The van der Waals surface area contributed by atoms with Crippen LogP contribution in [0.2, 0.25) is 0 Å². The number of fused-ring (bicyclic) bond motifs is 2. The molecule has 1 aromatic carbocycles. The molecule has 3 fully saturated rings. The van der Waals surface area contributed by atoms with Gasteiger partial charge in [-0.3, -0.25) is 10.1 Å². The molecule has 1 saturated carbocycles. The van der Waals surface area contributed by atoms with Crippen LogP contribution in [-0.2, 0) is 4.74 Å². The predicted octanol–water partition coefficient (Wildman–Crippen LogP) is -4.77. The summed E-state index contributed by atoms with van der Waals surface area (Å²) in [6, 6.07) is 5.88. The van der Waals surface area contributed by atoms with E-state index in [9.17, 15) is 14.9 Å². The fourth-order valence-electron chi connectivity index (χ4n) is 4.14. The van der Waals surface area contributed by atoms with Crippen LogP contribution in [0.3, 0.4) is 0 Å². The van der Waals surface area contributed by atoms with Crippen molar-refractivity contribution in [2.45, 2.75) is 63.6 Å². The summed E-state index contributed by atoms with van der Waals surface area (Å²) in [4.78, 5) is 35.8. The van der Waals surface area contributed by atoms with E-state index in [-0.39, 0.29) is 167 Å². The predicted molar refractivity (Wildman–Crippen MR) is 103 cm³/mol. The number of anilines is 1. The van der Waals surface area contributed by atoms with Gasteiger partial charge in [0, 0.05) is 36.4 Å². The standard InChI is InChI=1S/C19H25N3O4.CH2O3.2Cs/c1-19(2,3)26-18(23)21-11-14-8-15(21)10-20(14)13-6-7-17(22(24)25)16(9-13)12-4-5-12;2-1(3)4;;/h6-7,9,12,14-15H,4-5,8,10-11H2,1-3H3;(H2,2,3,4);;/q;;2*+1/p-2/t14-,15-;;;/m0.../s1. The molecule has 2 bridgehead atoms. The summed E-state index contributed by atoms with van der Waals surface area (Å²) >= 11 is 0. The number of carbonyl (C=O) groups excluding carboxylic acids is 2. The third-order valence-corrected chi connectivity index (χ3v) is 5.43. The Kier molecular flexibility index (Phi) is 12.5. The van der Waals surface area contributed by atoms with Gasteiger partial charge in [0.15, 0.2) is 0 Å². The molecule has 0 radical (unpaired) electrons. The third kappa shape index (κ3) is 8.33. The molecule has 0 spiro atoms. The first kappa shape index (κ1) is 31.1. The molecular weight excluding hydrogens is 660 g/mol. The van der Waals surface area contributed by atoms with Crippen molar-refractivity contribution in [1.82, 2.24) is 4.90 Å². The second kappa shape index (κ2) is 12.9. The Morgan fingerprint density at radius 3 is 2.12 bits per heavy atom. The van der Waals surface area contributed by atoms with Gasteiger partial charge in [0.25, 0.3) is 5.69 Å².